The van der Waals surface area contributed by atoms with Crippen LogP contribution < -0.4 is 5.32 Å². The summed E-state index contributed by atoms with van der Waals surface area (Å²) >= 11 is 16.7. The Morgan fingerprint density at radius 2 is 1.50 bits per heavy atom. The van der Waals surface area contributed by atoms with Crippen LogP contribution in [0.3, 0.4) is 0 Å². The van der Waals surface area contributed by atoms with Gasteiger partial charge in [-0.1, -0.05) is 34.8 Å². The summed E-state index contributed by atoms with van der Waals surface area (Å²) in [7, 11) is 1.25. The number of carbonyl (C=O) groups excluding carboxylic acids is 4. The van der Waals surface area contributed by atoms with Crippen LogP contribution in [0.1, 0.15) is 20.8 Å². The number of methoxy groups -OCH3 is 1. The fourth-order valence-electron chi connectivity index (χ4n) is 2.49. The molecule has 0 aromatic heterocycles. The van der Waals surface area contributed by atoms with Gasteiger partial charge in [-0.05, 0) is 0 Å². The lowest BCUT2D eigenvalue weighted by Crippen LogP contribution is -2.67. The van der Waals surface area contributed by atoms with Crippen molar-refractivity contribution in [2.45, 2.75) is 55.2 Å². The van der Waals surface area contributed by atoms with E-state index in [1.54, 1.807) is 0 Å². The molecule has 0 unspecified atom stereocenters. The maximum atomic E-state index is 12.1. The van der Waals surface area contributed by atoms with Crippen molar-refractivity contribution in [1.29, 1.82) is 0 Å². The second kappa shape index (κ2) is 10.4. The highest BCUT2D eigenvalue weighted by Gasteiger charge is 2.52. The highest BCUT2D eigenvalue weighted by atomic mass is 35.6. The molecule has 0 spiro atoms. The number of nitrogens with one attached hydrogen (secondary N) is 1. The van der Waals surface area contributed by atoms with E-state index < -0.39 is 58.3 Å². The predicted molar refractivity (Wildman–Crippen MR) is 95.6 cm³/mol. The third kappa shape index (κ3) is 7.25. The molecule has 0 radical (unpaired) electrons. The van der Waals surface area contributed by atoms with Crippen molar-refractivity contribution in [2.24, 2.45) is 0 Å². The van der Waals surface area contributed by atoms with E-state index in [1.165, 1.54) is 14.0 Å². The zero-order valence-corrected chi connectivity index (χ0v) is 17.7. The molecule has 13 heteroatoms. The number of halogens is 3. The fourth-order valence-corrected chi connectivity index (χ4v) is 2.65. The molecule has 0 saturated carbocycles. The van der Waals surface area contributed by atoms with E-state index in [0.29, 0.717) is 0 Å². The van der Waals surface area contributed by atoms with Crippen LogP contribution >= 0.6 is 34.8 Å². The Morgan fingerprint density at radius 1 is 0.964 bits per heavy atom. The first kappa shape index (κ1) is 24.7. The van der Waals surface area contributed by atoms with E-state index >= 15 is 0 Å². The Balaban J connectivity index is 3.27. The van der Waals surface area contributed by atoms with Crippen molar-refractivity contribution in [1.82, 2.24) is 5.32 Å². The molecule has 0 bridgehead atoms. The summed E-state index contributed by atoms with van der Waals surface area (Å²) in [5, 5.41) is 2.34. The molecular weight excluding hydrogens is 445 g/mol. The zero-order valence-electron chi connectivity index (χ0n) is 15.4. The van der Waals surface area contributed by atoms with Crippen molar-refractivity contribution < 1.29 is 42.9 Å². The molecule has 0 aromatic carbocycles. The molecule has 10 nitrogen and oxygen atoms in total. The maximum absolute atomic E-state index is 12.1. The van der Waals surface area contributed by atoms with E-state index in [2.05, 4.69) is 5.32 Å². The third-order valence-corrected chi connectivity index (χ3v) is 4.00. The van der Waals surface area contributed by atoms with Gasteiger partial charge in [0, 0.05) is 27.9 Å². The van der Waals surface area contributed by atoms with Crippen molar-refractivity contribution >= 4 is 58.6 Å². The summed E-state index contributed by atoms with van der Waals surface area (Å²) in [6, 6.07) is -1.21. The number of carbonyl (C=O) groups is 4. The number of rotatable bonds is 6. The second-order valence-corrected chi connectivity index (χ2v) is 8.01. The summed E-state index contributed by atoms with van der Waals surface area (Å²) in [6.45, 7) is 3.06. The smallest absolute Gasteiger partial charge is 0.303 e. The van der Waals surface area contributed by atoms with Crippen LogP contribution in [-0.2, 0) is 42.9 Å². The molecular formula is C15H20Cl3NO9. The molecule has 1 fully saturated rings. The normalized spacial score (nSPS) is 27.5. The van der Waals surface area contributed by atoms with Gasteiger partial charge in [0.1, 0.15) is 18.8 Å². The number of hydrogen-bond acceptors (Lipinski definition) is 9. The fraction of sp³-hybridized carbons (Fsp3) is 0.733. The topological polar surface area (TPSA) is 126 Å². The lowest BCUT2D eigenvalue weighted by Gasteiger charge is -2.44. The van der Waals surface area contributed by atoms with Crippen molar-refractivity contribution in [3.05, 3.63) is 0 Å². The molecule has 1 aliphatic rings. The molecule has 160 valence electrons. The minimum Gasteiger partial charge on any atom is -0.463 e. The molecule has 1 rings (SSSR count). The lowest BCUT2D eigenvalue weighted by molar-refractivity contribution is -0.271. The molecule has 1 saturated heterocycles. The van der Waals surface area contributed by atoms with Crippen LogP contribution in [0.4, 0.5) is 0 Å². The van der Waals surface area contributed by atoms with E-state index in [1.807, 2.05) is 0 Å². The average molecular weight is 465 g/mol. The van der Waals surface area contributed by atoms with E-state index in [-0.39, 0.29) is 6.61 Å². The maximum Gasteiger partial charge on any atom is 0.303 e. The number of esters is 3. The van der Waals surface area contributed by atoms with Crippen LogP contribution in [0.25, 0.3) is 0 Å². The van der Waals surface area contributed by atoms with Gasteiger partial charge in [-0.15, -0.1) is 0 Å². The SMILES string of the molecule is CO[C@H]1O[C@H](COC(C)=O)[C@@H](OC(C)=O)[C@H](OC(C)=O)[C@H]1NC(=O)C(Cl)(Cl)Cl. The number of amides is 1. The van der Waals surface area contributed by atoms with Crippen LogP contribution in [0.5, 0.6) is 0 Å². The minimum absolute atomic E-state index is 0.337. The van der Waals surface area contributed by atoms with Gasteiger partial charge in [-0.3, -0.25) is 19.2 Å². The van der Waals surface area contributed by atoms with Crippen LogP contribution in [0, 0.1) is 0 Å². The molecule has 1 amide bonds. The summed E-state index contributed by atoms with van der Waals surface area (Å²) in [6.07, 6.45) is -4.83. The minimum atomic E-state index is -2.33. The average Bonchev–Trinajstić information content (AvgIpc) is 2.54. The zero-order chi connectivity index (χ0) is 21.6. The number of hydrogen-bond donors (Lipinski definition) is 1. The Bertz CT molecular complexity index is 610. The summed E-state index contributed by atoms with van der Waals surface area (Å²) in [5.74, 6) is -3.15. The van der Waals surface area contributed by atoms with Crippen LogP contribution in [0.2, 0.25) is 0 Å². The van der Waals surface area contributed by atoms with Crippen molar-refractivity contribution in [3.63, 3.8) is 0 Å². The monoisotopic (exact) mass is 463 g/mol. The molecule has 0 aliphatic carbocycles. The Hall–Kier alpha value is -1.33. The molecule has 1 aliphatic heterocycles. The lowest BCUT2D eigenvalue weighted by atomic mass is 9.96. The van der Waals surface area contributed by atoms with Crippen molar-refractivity contribution in [3.8, 4) is 0 Å². The van der Waals surface area contributed by atoms with Gasteiger partial charge in [-0.25, -0.2) is 0 Å². The van der Waals surface area contributed by atoms with E-state index in [4.69, 9.17) is 58.5 Å². The van der Waals surface area contributed by atoms with Gasteiger partial charge < -0.3 is 29.0 Å². The van der Waals surface area contributed by atoms with Gasteiger partial charge >= 0.3 is 17.9 Å². The van der Waals surface area contributed by atoms with Gasteiger partial charge in [0.2, 0.25) is 0 Å². The van der Waals surface area contributed by atoms with E-state index in [0.717, 1.165) is 13.8 Å². The van der Waals surface area contributed by atoms with Gasteiger partial charge in [-0.2, -0.15) is 0 Å². The highest BCUT2D eigenvalue weighted by molar-refractivity contribution is 6.76. The first-order chi connectivity index (χ1) is 12.9. The number of ether oxygens (including phenoxy) is 5. The van der Waals surface area contributed by atoms with E-state index in [9.17, 15) is 19.2 Å². The first-order valence-corrected chi connectivity index (χ1v) is 9.04. The second-order valence-electron chi connectivity index (χ2n) is 5.73. The van der Waals surface area contributed by atoms with Gasteiger partial charge in [0.25, 0.3) is 9.70 Å². The summed E-state index contributed by atoms with van der Waals surface area (Å²) in [5.41, 5.74) is 0. The molecule has 0 aromatic rings. The predicted octanol–water partition coefficient (Wildman–Crippen LogP) is 0.639. The van der Waals surface area contributed by atoms with Crippen LogP contribution in [0.15, 0.2) is 0 Å². The van der Waals surface area contributed by atoms with Gasteiger partial charge in [0.05, 0.1) is 0 Å². The number of alkyl halides is 3. The molecule has 1 heterocycles. The van der Waals surface area contributed by atoms with Crippen molar-refractivity contribution in [2.75, 3.05) is 13.7 Å². The Kier molecular flexibility index (Phi) is 9.22. The summed E-state index contributed by atoms with van der Waals surface area (Å²) in [4.78, 5) is 46.4. The first-order valence-electron chi connectivity index (χ1n) is 7.90. The van der Waals surface area contributed by atoms with Gasteiger partial charge in [0.15, 0.2) is 18.5 Å². The van der Waals surface area contributed by atoms with Crippen LogP contribution in [-0.4, -0.2) is 72.0 Å². The third-order valence-electron chi connectivity index (χ3n) is 3.49. The Labute approximate surface area is 176 Å². The largest absolute Gasteiger partial charge is 0.463 e. The highest BCUT2D eigenvalue weighted by Crippen LogP contribution is 2.30. The summed E-state index contributed by atoms with van der Waals surface area (Å²) < 4.78 is 23.8. The molecule has 1 N–H and O–H groups in total. The quantitative estimate of drug-likeness (QED) is 0.342. The molecule has 5 atom stereocenters. The standard InChI is InChI=1S/C15H20Cl3NO9/c1-6(20)25-5-9-11(26-7(2)21)12(27-8(3)22)10(13(24-4)28-9)19-14(23)15(16,17)18/h9-13H,5H2,1-4H3,(H,19,23)/t9-,10-,11-,12-,13+/m1/s1. The Morgan fingerprint density at radius 3 is 1.93 bits per heavy atom. The molecule has 28 heavy (non-hydrogen) atoms.